The molecule has 0 bridgehead atoms. The molecule has 1 atom stereocenters. The van der Waals surface area contributed by atoms with Gasteiger partial charge in [-0.2, -0.15) is 0 Å². The lowest BCUT2D eigenvalue weighted by molar-refractivity contribution is -0.385. The van der Waals surface area contributed by atoms with E-state index < -0.39 is 16.9 Å². The predicted octanol–water partition coefficient (Wildman–Crippen LogP) is 3.77. The molecule has 31 heavy (non-hydrogen) atoms. The molecule has 0 aromatic heterocycles. The number of rotatable bonds is 7. The smallest absolute Gasteiger partial charge is 0.276 e. The monoisotopic (exact) mass is 426 g/mol. The van der Waals surface area contributed by atoms with Gasteiger partial charge in [-0.3, -0.25) is 14.9 Å². The number of amides is 1. The molecular weight excluding hydrogens is 399 g/mol. The number of nitro benzene ring substituents is 1. The number of para-hydroxylation sites is 1. The molecule has 0 aliphatic carbocycles. The molecule has 1 aliphatic heterocycles. The first-order chi connectivity index (χ1) is 14.9. The molecule has 8 heteroatoms. The Morgan fingerprint density at radius 1 is 1.23 bits per heavy atom. The van der Waals surface area contributed by atoms with Gasteiger partial charge >= 0.3 is 0 Å². The third-order valence-corrected chi connectivity index (χ3v) is 5.52. The van der Waals surface area contributed by atoms with Gasteiger partial charge in [-0.1, -0.05) is 19.1 Å². The Bertz CT molecular complexity index is 971. The average Bonchev–Trinajstić information content (AvgIpc) is 2.77. The largest absolute Gasteiger partial charge is 0.369 e. The molecule has 1 heterocycles. The van der Waals surface area contributed by atoms with Crippen LogP contribution in [0.4, 0.5) is 15.8 Å². The molecule has 2 aromatic rings. The summed E-state index contributed by atoms with van der Waals surface area (Å²) in [4.78, 5) is 27.7. The van der Waals surface area contributed by atoms with Crippen molar-refractivity contribution in [3.63, 3.8) is 0 Å². The van der Waals surface area contributed by atoms with E-state index in [2.05, 4.69) is 22.0 Å². The maximum absolute atomic E-state index is 14.0. The number of hydrogen-bond acceptors (Lipinski definition) is 5. The fraction of sp³-hybridized carbons (Fsp3) is 0.348. The summed E-state index contributed by atoms with van der Waals surface area (Å²) in [5, 5.41) is 14.0. The summed E-state index contributed by atoms with van der Waals surface area (Å²) in [6.07, 6.45) is 2.68. The Hall–Kier alpha value is -3.26. The molecule has 7 nitrogen and oxygen atoms in total. The summed E-state index contributed by atoms with van der Waals surface area (Å²) in [5.41, 5.74) is 1.89. The maximum Gasteiger partial charge on any atom is 0.276 e. The summed E-state index contributed by atoms with van der Waals surface area (Å²) >= 11 is 0. The van der Waals surface area contributed by atoms with Crippen molar-refractivity contribution in [2.75, 3.05) is 37.6 Å². The summed E-state index contributed by atoms with van der Waals surface area (Å²) < 4.78 is 14.0. The molecule has 0 saturated carbocycles. The number of carbonyl (C=O) groups excluding carboxylic acids is 1. The highest BCUT2D eigenvalue weighted by Crippen LogP contribution is 2.28. The number of hydrogen-bond donors (Lipinski definition) is 1. The summed E-state index contributed by atoms with van der Waals surface area (Å²) in [7, 11) is 0. The summed E-state index contributed by atoms with van der Waals surface area (Å²) in [6.45, 7) is 8.49. The van der Waals surface area contributed by atoms with Gasteiger partial charge in [0.1, 0.15) is 5.82 Å². The van der Waals surface area contributed by atoms with E-state index >= 15 is 0 Å². The minimum absolute atomic E-state index is 0.0711. The fourth-order valence-electron chi connectivity index (χ4n) is 3.76. The van der Waals surface area contributed by atoms with Crippen LogP contribution in [0.15, 0.2) is 48.5 Å². The quantitative estimate of drug-likeness (QED) is 0.414. The van der Waals surface area contributed by atoms with Crippen LogP contribution in [0.5, 0.6) is 0 Å². The molecule has 0 radical (unpaired) electrons. The molecule has 2 aromatic carbocycles. The second-order valence-electron chi connectivity index (χ2n) is 7.50. The van der Waals surface area contributed by atoms with Crippen molar-refractivity contribution in [2.45, 2.75) is 19.9 Å². The van der Waals surface area contributed by atoms with Gasteiger partial charge in [0.15, 0.2) is 0 Å². The van der Waals surface area contributed by atoms with Gasteiger partial charge in [0.25, 0.3) is 5.69 Å². The van der Waals surface area contributed by atoms with E-state index in [1.165, 1.54) is 30.4 Å². The van der Waals surface area contributed by atoms with E-state index in [-0.39, 0.29) is 11.5 Å². The normalized spacial score (nSPS) is 15.8. The van der Waals surface area contributed by atoms with Crippen molar-refractivity contribution in [2.24, 2.45) is 0 Å². The van der Waals surface area contributed by atoms with Crippen molar-refractivity contribution < 1.29 is 14.1 Å². The van der Waals surface area contributed by atoms with E-state index in [1.54, 1.807) is 31.2 Å². The Morgan fingerprint density at radius 3 is 2.61 bits per heavy atom. The van der Waals surface area contributed by atoms with Crippen LogP contribution >= 0.6 is 0 Å². The lowest BCUT2D eigenvalue weighted by Crippen LogP contribution is -2.46. The van der Waals surface area contributed by atoms with Crippen LogP contribution in [0.1, 0.15) is 31.0 Å². The van der Waals surface area contributed by atoms with Crippen LogP contribution < -0.4 is 10.2 Å². The Balaban J connectivity index is 1.73. The van der Waals surface area contributed by atoms with Gasteiger partial charge in [-0.15, -0.1) is 0 Å². The van der Waals surface area contributed by atoms with Gasteiger partial charge in [0.2, 0.25) is 5.91 Å². The number of nitrogens with one attached hydrogen (secondary N) is 1. The summed E-state index contributed by atoms with van der Waals surface area (Å²) in [6, 6.07) is 10.4. The minimum Gasteiger partial charge on any atom is -0.369 e. The van der Waals surface area contributed by atoms with Crippen molar-refractivity contribution in [1.82, 2.24) is 10.2 Å². The molecule has 3 rings (SSSR count). The average molecular weight is 426 g/mol. The Morgan fingerprint density at radius 2 is 1.94 bits per heavy atom. The zero-order chi connectivity index (χ0) is 22.4. The SMILES string of the molecule is CCN1CCN(c2ccc(F)cc2C(C)NC(=O)/C=C/c2ccccc2[N+](=O)[O-])CC1. The topological polar surface area (TPSA) is 78.7 Å². The molecule has 1 unspecified atom stereocenters. The third-order valence-electron chi connectivity index (χ3n) is 5.52. The minimum atomic E-state index is -0.489. The zero-order valence-corrected chi connectivity index (χ0v) is 17.8. The Labute approximate surface area is 181 Å². The molecule has 1 aliphatic rings. The molecular formula is C23H27FN4O3. The van der Waals surface area contributed by atoms with Crippen molar-refractivity contribution >= 4 is 23.4 Å². The van der Waals surface area contributed by atoms with Gasteiger partial charge in [0, 0.05) is 49.6 Å². The van der Waals surface area contributed by atoms with Crippen LogP contribution in [-0.4, -0.2) is 48.5 Å². The highest BCUT2D eigenvalue weighted by atomic mass is 19.1. The van der Waals surface area contributed by atoms with Gasteiger partial charge in [-0.25, -0.2) is 4.39 Å². The second kappa shape index (κ2) is 10.2. The lowest BCUT2D eigenvalue weighted by Gasteiger charge is -2.37. The molecule has 1 N–H and O–H groups in total. The maximum atomic E-state index is 14.0. The van der Waals surface area contributed by atoms with Crippen LogP contribution in [0.3, 0.4) is 0 Å². The van der Waals surface area contributed by atoms with Crippen LogP contribution in [0.25, 0.3) is 6.08 Å². The fourth-order valence-corrected chi connectivity index (χ4v) is 3.76. The predicted molar refractivity (Wildman–Crippen MR) is 119 cm³/mol. The molecule has 164 valence electrons. The van der Waals surface area contributed by atoms with Gasteiger partial charge in [-0.05, 0) is 43.8 Å². The molecule has 1 amide bonds. The number of piperazine rings is 1. The lowest BCUT2D eigenvalue weighted by atomic mass is 10.0. The molecule has 0 spiro atoms. The van der Waals surface area contributed by atoms with E-state index in [4.69, 9.17) is 0 Å². The third kappa shape index (κ3) is 5.67. The summed E-state index contributed by atoms with van der Waals surface area (Å²) in [5.74, 6) is -0.765. The van der Waals surface area contributed by atoms with Crippen molar-refractivity contribution in [3.8, 4) is 0 Å². The number of anilines is 1. The van der Waals surface area contributed by atoms with Crippen LogP contribution in [0.2, 0.25) is 0 Å². The number of halogens is 1. The van der Waals surface area contributed by atoms with Crippen molar-refractivity contribution in [3.05, 3.63) is 75.6 Å². The van der Waals surface area contributed by atoms with Gasteiger partial charge in [0.05, 0.1) is 16.5 Å². The molecule has 1 saturated heterocycles. The van der Waals surface area contributed by atoms with Gasteiger partial charge < -0.3 is 15.1 Å². The van der Waals surface area contributed by atoms with Crippen LogP contribution in [0, 0.1) is 15.9 Å². The van der Waals surface area contributed by atoms with E-state index in [0.29, 0.717) is 11.1 Å². The van der Waals surface area contributed by atoms with E-state index in [1.807, 2.05) is 0 Å². The first-order valence-electron chi connectivity index (χ1n) is 10.4. The van der Waals surface area contributed by atoms with Crippen molar-refractivity contribution in [1.29, 1.82) is 0 Å². The second-order valence-corrected chi connectivity index (χ2v) is 7.50. The van der Waals surface area contributed by atoms with Crippen LogP contribution in [-0.2, 0) is 4.79 Å². The van der Waals surface area contributed by atoms with E-state index in [9.17, 15) is 19.3 Å². The van der Waals surface area contributed by atoms with E-state index in [0.717, 1.165) is 38.4 Å². The number of carbonyl (C=O) groups is 1. The number of benzene rings is 2. The number of likely N-dealkylation sites (N-methyl/N-ethyl adjacent to an activating group) is 1. The number of nitro groups is 1. The zero-order valence-electron chi connectivity index (χ0n) is 17.8. The highest BCUT2D eigenvalue weighted by molar-refractivity contribution is 5.92. The first-order valence-corrected chi connectivity index (χ1v) is 10.4. The first kappa shape index (κ1) is 22.4. The highest BCUT2D eigenvalue weighted by Gasteiger charge is 2.21. The Kier molecular flexibility index (Phi) is 7.36. The number of nitrogens with zero attached hydrogens (tertiary/aromatic N) is 3. The molecule has 1 fully saturated rings. The standard InChI is InChI=1S/C23H27FN4O3/c1-3-26-12-14-27(15-13-26)22-10-9-19(24)16-20(22)17(2)25-23(29)11-8-18-6-4-5-7-21(18)28(30)31/h4-11,16-17H,3,12-15H2,1-2H3,(H,25,29)/b11-8+.